The highest BCUT2D eigenvalue weighted by Crippen LogP contribution is 2.34. The van der Waals surface area contributed by atoms with Crippen molar-refractivity contribution in [1.82, 2.24) is 0 Å². The van der Waals surface area contributed by atoms with Crippen molar-refractivity contribution in [3.8, 4) is 0 Å². The van der Waals surface area contributed by atoms with Crippen LogP contribution >= 0.6 is 0 Å². The molecule has 1 fully saturated rings. The molecule has 24 heavy (non-hydrogen) atoms. The van der Waals surface area contributed by atoms with Crippen LogP contribution in [0.3, 0.4) is 0 Å². The fourth-order valence-electron chi connectivity index (χ4n) is 2.39. The lowest BCUT2D eigenvalue weighted by molar-refractivity contribution is -0.284. The van der Waals surface area contributed by atoms with E-state index < -0.39 is 42.3 Å². The summed E-state index contributed by atoms with van der Waals surface area (Å²) in [6, 6.07) is 1.72. The number of allylic oxidation sites excluding steroid dienone is 1. The zero-order valence-electron chi connectivity index (χ0n) is 13.0. The van der Waals surface area contributed by atoms with Crippen molar-refractivity contribution in [3.63, 3.8) is 0 Å². The van der Waals surface area contributed by atoms with E-state index in [0.29, 0.717) is 6.07 Å². The van der Waals surface area contributed by atoms with Crippen molar-refractivity contribution in [2.75, 3.05) is 6.61 Å². The van der Waals surface area contributed by atoms with Crippen LogP contribution in [-0.4, -0.2) is 51.6 Å². The van der Waals surface area contributed by atoms with Crippen LogP contribution in [0.2, 0.25) is 0 Å². The van der Waals surface area contributed by atoms with Gasteiger partial charge in [0, 0.05) is 17.2 Å². The Morgan fingerprint density at radius 3 is 2.46 bits per heavy atom. The number of aliphatic hydroxyl groups excluding tert-OH is 4. The Bertz CT molecular complexity index is 594. The molecule has 1 aromatic rings. The molecule has 1 heterocycles. The summed E-state index contributed by atoms with van der Waals surface area (Å²) in [5, 5.41) is 38.6. The molecule has 8 heteroatoms. The first-order chi connectivity index (χ1) is 11.4. The number of rotatable bonds is 5. The molecule has 1 aliphatic rings. The molecule has 0 amide bonds. The van der Waals surface area contributed by atoms with Crippen molar-refractivity contribution < 1.29 is 38.7 Å². The molecule has 1 saturated heterocycles. The second kappa shape index (κ2) is 8.11. The average Bonchev–Trinajstić information content (AvgIpc) is 2.55. The van der Waals surface area contributed by atoms with Gasteiger partial charge in [-0.2, -0.15) is 0 Å². The second-order valence-corrected chi connectivity index (χ2v) is 5.47. The Hall–Kier alpha value is -1.42. The van der Waals surface area contributed by atoms with Gasteiger partial charge in [-0.1, -0.05) is 12.2 Å². The van der Waals surface area contributed by atoms with E-state index in [1.54, 1.807) is 19.1 Å². The summed E-state index contributed by atoms with van der Waals surface area (Å²) in [6.07, 6.45) is -4.97. The lowest BCUT2D eigenvalue weighted by Crippen LogP contribution is -2.54. The molecule has 5 atom stereocenters. The van der Waals surface area contributed by atoms with Gasteiger partial charge in [-0.3, -0.25) is 0 Å². The molecule has 0 saturated carbocycles. The van der Waals surface area contributed by atoms with Crippen LogP contribution in [-0.2, 0) is 16.1 Å². The average molecular weight is 346 g/mol. The molecule has 134 valence electrons. The van der Waals surface area contributed by atoms with Gasteiger partial charge in [0.25, 0.3) is 0 Å². The zero-order chi connectivity index (χ0) is 17.9. The predicted molar refractivity (Wildman–Crippen MR) is 78.7 cm³/mol. The Morgan fingerprint density at radius 2 is 1.79 bits per heavy atom. The summed E-state index contributed by atoms with van der Waals surface area (Å²) in [5.41, 5.74) is -0.222. The molecule has 6 nitrogen and oxygen atoms in total. The Morgan fingerprint density at radius 1 is 1.08 bits per heavy atom. The van der Waals surface area contributed by atoms with Crippen LogP contribution in [0.5, 0.6) is 0 Å². The molecule has 2 rings (SSSR count). The lowest BCUT2D eigenvalue weighted by atomic mass is 9.92. The number of ether oxygens (including phenoxy) is 2. The van der Waals surface area contributed by atoms with E-state index in [1.165, 1.54) is 0 Å². The van der Waals surface area contributed by atoms with Crippen molar-refractivity contribution in [2.45, 2.75) is 44.2 Å². The number of halogens is 2. The largest absolute Gasteiger partial charge is 0.387 e. The Labute approximate surface area is 137 Å². The van der Waals surface area contributed by atoms with Gasteiger partial charge in [0.2, 0.25) is 0 Å². The van der Waals surface area contributed by atoms with Gasteiger partial charge in [0.15, 0.2) is 6.29 Å². The van der Waals surface area contributed by atoms with E-state index in [4.69, 9.17) is 9.47 Å². The first kappa shape index (κ1) is 18.9. The number of benzene rings is 1. The van der Waals surface area contributed by atoms with Gasteiger partial charge in [-0.15, -0.1) is 0 Å². The molecule has 0 aliphatic carbocycles. The van der Waals surface area contributed by atoms with Gasteiger partial charge in [-0.05, 0) is 13.0 Å². The van der Waals surface area contributed by atoms with Gasteiger partial charge in [-0.25, -0.2) is 8.78 Å². The summed E-state index contributed by atoms with van der Waals surface area (Å²) in [7, 11) is 0. The number of hydrogen-bond acceptors (Lipinski definition) is 6. The third-order valence-corrected chi connectivity index (χ3v) is 3.77. The SMILES string of the molecule is C/C=C/COCc1cc([C@@H]2OC(O)[C@@H](O)[C@H](O)[C@H]2O)c(F)cc1F. The molecule has 4 N–H and O–H groups in total. The molecule has 1 aliphatic heterocycles. The van der Waals surface area contributed by atoms with E-state index in [1.807, 2.05) is 0 Å². The van der Waals surface area contributed by atoms with Gasteiger partial charge >= 0.3 is 0 Å². The predicted octanol–water partition coefficient (Wildman–Crippen LogP) is 0.530. The van der Waals surface area contributed by atoms with E-state index in [9.17, 15) is 29.2 Å². The first-order valence-electron chi connectivity index (χ1n) is 7.41. The smallest absolute Gasteiger partial charge is 0.184 e. The fraction of sp³-hybridized carbons (Fsp3) is 0.500. The molecule has 0 aromatic heterocycles. The third kappa shape index (κ3) is 3.97. The standard InChI is InChI=1S/C16H20F2O6/c1-2-3-4-23-7-8-5-9(11(18)6-10(8)17)15-13(20)12(19)14(21)16(22)24-15/h2-3,5-6,12-16,19-22H,4,7H2,1H3/b3-2+/t12-,13-,14+,15+,16?/m1/s1. The molecule has 0 bridgehead atoms. The molecular formula is C16H20F2O6. The minimum Gasteiger partial charge on any atom is -0.387 e. The van der Waals surface area contributed by atoms with Crippen LogP contribution in [0, 0.1) is 11.6 Å². The second-order valence-electron chi connectivity index (χ2n) is 5.47. The maximum absolute atomic E-state index is 14.1. The molecule has 0 spiro atoms. The highest BCUT2D eigenvalue weighted by Gasteiger charge is 2.44. The quantitative estimate of drug-likeness (QED) is 0.459. The van der Waals surface area contributed by atoms with E-state index in [2.05, 4.69) is 0 Å². The Kier molecular flexibility index (Phi) is 6.39. The summed E-state index contributed by atoms with van der Waals surface area (Å²) < 4.78 is 38.1. The zero-order valence-corrected chi connectivity index (χ0v) is 13.0. The van der Waals surface area contributed by atoms with E-state index in [-0.39, 0.29) is 24.3 Å². The minimum absolute atomic E-state index is 0.0294. The lowest BCUT2D eigenvalue weighted by Gasteiger charge is -2.38. The van der Waals surface area contributed by atoms with Crippen molar-refractivity contribution in [1.29, 1.82) is 0 Å². The van der Waals surface area contributed by atoms with Gasteiger partial charge in [0.1, 0.15) is 36.1 Å². The van der Waals surface area contributed by atoms with E-state index >= 15 is 0 Å². The van der Waals surface area contributed by atoms with Crippen LogP contribution in [0.15, 0.2) is 24.3 Å². The monoisotopic (exact) mass is 346 g/mol. The van der Waals surface area contributed by atoms with E-state index in [0.717, 1.165) is 6.07 Å². The van der Waals surface area contributed by atoms with Crippen molar-refractivity contribution >= 4 is 0 Å². The molecule has 1 aromatic carbocycles. The number of aliphatic hydroxyl groups is 4. The van der Waals surface area contributed by atoms with Gasteiger partial charge in [0.05, 0.1) is 13.2 Å². The third-order valence-electron chi connectivity index (χ3n) is 3.77. The first-order valence-corrected chi connectivity index (χ1v) is 7.41. The van der Waals surface area contributed by atoms with Gasteiger partial charge < -0.3 is 29.9 Å². The van der Waals surface area contributed by atoms with Crippen LogP contribution in [0.4, 0.5) is 8.78 Å². The minimum atomic E-state index is -1.81. The molecular weight excluding hydrogens is 326 g/mol. The van der Waals surface area contributed by atoms with Crippen molar-refractivity contribution in [2.24, 2.45) is 0 Å². The topological polar surface area (TPSA) is 99.4 Å². The van der Waals surface area contributed by atoms with Crippen LogP contribution in [0.25, 0.3) is 0 Å². The summed E-state index contributed by atoms with van der Waals surface area (Å²) in [6.45, 7) is 1.90. The maximum Gasteiger partial charge on any atom is 0.184 e. The van der Waals surface area contributed by atoms with Crippen LogP contribution in [0.1, 0.15) is 24.2 Å². The highest BCUT2D eigenvalue weighted by atomic mass is 19.1. The fourth-order valence-corrected chi connectivity index (χ4v) is 2.39. The van der Waals surface area contributed by atoms with Crippen LogP contribution < -0.4 is 0 Å². The summed E-state index contributed by atoms with van der Waals surface area (Å²) in [5.74, 6) is -1.84. The maximum atomic E-state index is 14.1. The highest BCUT2D eigenvalue weighted by molar-refractivity contribution is 5.29. The summed E-state index contributed by atoms with van der Waals surface area (Å²) >= 11 is 0. The Balaban J connectivity index is 2.25. The normalized spacial score (nSPS) is 30.9. The van der Waals surface area contributed by atoms with Crippen molar-refractivity contribution in [3.05, 3.63) is 47.0 Å². The molecule has 1 unspecified atom stereocenters. The number of hydrogen-bond donors (Lipinski definition) is 4. The molecule has 0 radical (unpaired) electrons. The summed E-state index contributed by atoms with van der Waals surface area (Å²) in [4.78, 5) is 0.